The van der Waals surface area contributed by atoms with E-state index in [9.17, 15) is 4.39 Å². The quantitative estimate of drug-likeness (QED) is 0.912. The second kappa shape index (κ2) is 6.64. The van der Waals surface area contributed by atoms with Crippen LogP contribution in [0.4, 0.5) is 4.39 Å². The lowest BCUT2D eigenvalue weighted by Gasteiger charge is -2.31. The van der Waals surface area contributed by atoms with Crippen LogP contribution in [0.15, 0.2) is 22.7 Å². The summed E-state index contributed by atoms with van der Waals surface area (Å²) in [4.78, 5) is 0. The van der Waals surface area contributed by atoms with Crippen molar-refractivity contribution in [1.82, 2.24) is 5.32 Å². The van der Waals surface area contributed by atoms with Crippen LogP contribution in [0.2, 0.25) is 0 Å². The molecule has 0 amide bonds. The molecule has 0 aliphatic carbocycles. The molecule has 1 aromatic rings. The Bertz CT molecular complexity index is 393. The summed E-state index contributed by atoms with van der Waals surface area (Å²) >= 11 is 3.25. The van der Waals surface area contributed by atoms with E-state index in [1.165, 1.54) is 0 Å². The first-order valence-electron chi connectivity index (χ1n) is 6.53. The molecule has 0 radical (unpaired) electrons. The molecule has 1 saturated heterocycles. The number of halogens is 2. The van der Waals surface area contributed by atoms with Crippen molar-refractivity contribution in [2.75, 3.05) is 13.2 Å². The number of rotatable bonds is 4. The smallest absolute Gasteiger partial charge is 0.142 e. The van der Waals surface area contributed by atoms with Gasteiger partial charge in [-0.1, -0.05) is 19.1 Å². The summed E-state index contributed by atoms with van der Waals surface area (Å²) in [6, 6.07) is 5.37. The zero-order chi connectivity index (χ0) is 13.0. The third kappa shape index (κ3) is 3.11. The van der Waals surface area contributed by atoms with E-state index in [0.29, 0.717) is 10.0 Å². The summed E-state index contributed by atoms with van der Waals surface area (Å²) in [5.41, 5.74) is 0.693. The van der Waals surface area contributed by atoms with Gasteiger partial charge in [-0.05, 0) is 47.8 Å². The fraction of sp³-hybridized carbons (Fsp3) is 0.571. The minimum atomic E-state index is -0.183. The Morgan fingerprint density at radius 2 is 2.33 bits per heavy atom. The molecule has 1 heterocycles. The first kappa shape index (κ1) is 14.0. The van der Waals surface area contributed by atoms with Crippen LogP contribution >= 0.6 is 15.9 Å². The lowest BCUT2D eigenvalue weighted by atomic mass is 9.95. The molecule has 100 valence electrons. The predicted octanol–water partition coefficient (Wildman–Crippen LogP) is 3.81. The van der Waals surface area contributed by atoms with Crippen molar-refractivity contribution in [2.24, 2.45) is 0 Å². The largest absolute Gasteiger partial charge is 0.376 e. The maximum absolute atomic E-state index is 14.2. The van der Waals surface area contributed by atoms with E-state index in [1.807, 2.05) is 19.1 Å². The van der Waals surface area contributed by atoms with Crippen LogP contribution in [0.5, 0.6) is 0 Å². The second-order valence-corrected chi connectivity index (χ2v) is 5.44. The lowest BCUT2D eigenvalue weighted by molar-refractivity contribution is -0.00859. The van der Waals surface area contributed by atoms with Crippen LogP contribution in [0.3, 0.4) is 0 Å². The van der Waals surface area contributed by atoms with E-state index in [1.54, 1.807) is 6.07 Å². The van der Waals surface area contributed by atoms with Gasteiger partial charge < -0.3 is 10.1 Å². The molecule has 1 aromatic carbocycles. The standard InChI is InChI=1S/C14H19BrFNO/c1-2-17-14(12-8-3-4-9-18-12)10-6-5-7-11(15)13(10)16/h5-7,12,14,17H,2-4,8-9H2,1H3. The van der Waals surface area contributed by atoms with Crippen LogP contribution in [-0.4, -0.2) is 19.3 Å². The molecule has 2 unspecified atom stereocenters. The number of nitrogens with one attached hydrogen (secondary N) is 1. The molecule has 1 aliphatic rings. The van der Waals surface area contributed by atoms with Crippen molar-refractivity contribution < 1.29 is 9.13 Å². The summed E-state index contributed by atoms with van der Waals surface area (Å²) in [5, 5.41) is 3.35. The van der Waals surface area contributed by atoms with Crippen LogP contribution in [0.25, 0.3) is 0 Å². The highest BCUT2D eigenvalue weighted by molar-refractivity contribution is 9.10. The van der Waals surface area contributed by atoms with Gasteiger partial charge in [-0.25, -0.2) is 4.39 Å². The molecule has 1 aliphatic heterocycles. The number of likely N-dealkylation sites (N-methyl/N-ethyl adjacent to an activating group) is 1. The number of hydrogen-bond acceptors (Lipinski definition) is 2. The van der Waals surface area contributed by atoms with E-state index in [2.05, 4.69) is 21.2 Å². The first-order valence-corrected chi connectivity index (χ1v) is 7.32. The third-order valence-electron chi connectivity index (χ3n) is 3.33. The lowest BCUT2D eigenvalue weighted by Crippen LogP contribution is -2.36. The normalized spacial score (nSPS) is 21.8. The molecule has 2 rings (SSSR count). The molecule has 2 atom stereocenters. The van der Waals surface area contributed by atoms with Gasteiger partial charge >= 0.3 is 0 Å². The summed E-state index contributed by atoms with van der Waals surface area (Å²) in [5.74, 6) is -0.183. The first-order chi connectivity index (χ1) is 8.74. The van der Waals surface area contributed by atoms with E-state index < -0.39 is 0 Å². The summed E-state index contributed by atoms with van der Waals surface area (Å²) in [6.07, 6.45) is 3.32. The van der Waals surface area contributed by atoms with E-state index in [4.69, 9.17) is 4.74 Å². The van der Waals surface area contributed by atoms with Crippen molar-refractivity contribution in [2.45, 2.75) is 38.3 Å². The highest BCUT2D eigenvalue weighted by Crippen LogP contribution is 2.30. The van der Waals surface area contributed by atoms with Crippen molar-refractivity contribution in [3.8, 4) is 0 Å². The SMILES string of the molecule is CCNC(c1cccc(Br)c1F)C1CCCCO1. The Morgan fingerprint density at radius 1 is 1.50 bits per heavy atom. The fourth-order valence-corrected chi connectivity index (χ4v) is 2.83. The molecular weight excluding hydrogens is 297 g/mol. The topological polar surface area (TPSA) is 21.3 Å². The van der Waals surface area contributed by atoms with Gasteiger partial charge in [-0.2, -0.15) is 0 Å². The highest BCUT2D eigenvalue weighted by atomic mass is 79.9. The monoisotopic (exact) mass is 315 g/mol. The van der Waals surface area contributed by atoms with E-state index >= 15 is 0 Å². The molecule has 1 N–H and O–H groups in total. The molecule has 2 nitrogen and oxygen atoms in total. The summed E-state index contributed by atoms with van der Waals surface area (Å²) < 4.78 is 20.5. The second-order valence-electron chi connectivity index (χ2n) is 4.58. The predicted molar refractivity (Wildman–Crippen MR) is 74.1 cm³/mol. The maximum atomic E-state index is 14.2. The van der Waals surface area contributed by atoms with Gasteiger partial charge in [0, 0.05) is 12.2 Å². The van der Waals surface area contributed by atoms with Crippen LogP contribution in [0.1, 0.15) is 37.8 Å². The maximum Gasteiger partial charge on any atom is 0.142 e. The fourth-order valence-electron chi connectivity index (χ4n) is 2.45. The molecular formula is C14H19BrFNO. The van der Waals surface area contributed by atoms with Crippen LogP contribution in [0, 0.1) is 5.82 Å². The van der Waals surface area contributed by atoms with Crippen LogP contribution < -0.4 is 5.32 Å². The van der Waals surface area contributed by atoms with Gasteiger partial charge in [0.05, 0.1) is 16.6 Å². The summed E-state index contributed by atoms with van der Waals surface area (Å²) in [6.45, 7) is 3.62. The van der Waals surface area contributed by atoms with Gasteiger partial charge in [-0.15, -0.1) is 0 Å². The Kier molecular flexibility index (Phi) is 5.15. The molecule has 0 aromatic heterocycles. The number of ether oxygens (including phenoxy) is 1. The average molecular weight is 316 g/mol. The third-order valence-corrected chi connectivity index (χ3v) is 3.94. The molecule has 18 heavy (non-hydrogen) atoms. The molecule has 0 spiro atoms. The Morgan fingerprint density at radius 3 is 3.00 bits per heavy atom. The van der Waals surface area contributed by atoms with Gasteiger partial charge in [0.1, 0.15) is 5.82 Å². The Labute approximate surface area is 116 Å². The minimum absolute atomic E-state index is 0.0622. The van der Waals surface area contributed by atoms with Crippen molar-refractivity contribution >= 4 is 15.9 Å². The average Bonchev–Trinajstić information content (AvgIpc) is 2.41. The van der Waals surface area contributed by atoms with Crippen molar-refractivity contribution in [3.05, 3.63) is 34.1 Å². The van der Waals surface area contributed by atoms with Gasteiger partial charge in [-0.3, -0.25) is 0 Å². The molecule has 4 heteroatoms. The van der Waals surface area contributed by atoms with E-state index in [-0.39, 0.29) is 18.0 Å². The van der Waals surface area contributed by atoms with Gasteiger partial charge in [0.25, 0.3) is 0 Å². The molecule has 1 fully saturated rings. The van der Waals surface area contributed by atoms with Gasteiger partial charge in [0.2, 0.25) is 0 Å². The Balaban J connectivity index is 2.25. The van der Waals surface area contributed by atoms with E-state index in [0.717, 1.165) is 32.4 Å². The highest BCUT2D eigenvalue weighted by Gasteiger charge is 2.27. The van der Waals surface area contributed by atoms with Gasteiger partial charge in [0.15, 0.2) is 0 Å². The van der Waals surface area contributed by atoms with Crippen molar-refractivity contribution in [1.29, 1.82) is 0 Å². The zero-order valence-electron chi connectivity index (χ0n) is 10.6. The number of hydrogen-bond donors (Lipinski definition) is 1. The Hall–Kier alpha value is -0.450. The zero-order valence-corrected chi connectivity index (χ0v) is 12.2. The minimum Gasteiger partial charge on any atom is -0.376 e. The van der Waals surface area contributed by atoms with Crippen molar-refractivity contribution in [3.63, 3.8) is 0 Å². The molecule has 0 saturated carbocycles. The molecule has 0 bridgehead atoms. The summed E-state index contributed by atoms with van der Waals surface area (Å²) in [7, 11) is 0. The number of benzene rings is 1. The van der Waals surface area contributed by atoms with Crippen LogP contribution in [-0.2, 0) is 4.74 Å².